The fourth-order valence-electron chi connectivity index (χ4n) is 3.30. The number of aliphatic hydroxyl groups excluding tert-OH is 2. The lowest BCUT2D eigenvalue weighted by Crippen LogP contribution is -2.39. The molecule has 12 heteroatoms. The third-order valence-electron chi connectivity index (χ3n) is 5.01. The number of hydrogen-bond donors (Lipinski definition) is 4. The zero-order valence-electron chi connectivity index (χ0n) is 14.3. The van der Waals surface area contributed by atoms with E-state index >= 15 is 0 Å². The number of likely N-dealkylation sites (tertiary alicyclic amines) is 1. The number of aromatic nitrogens is 2. The number of anilines is 1. The average Bonchev–Trinajstić information content (AvgIpc) is 3.13. The molecule has 0 aromatic carbocycles. The van der Waals surface area contributed by atoms with Gasteiger partial charge in [-0.1, -0.05) is 0 Å². The lowest BCUT2D eigenvalue weighted by Gasteiger charge is -2.32. The minimum Gasteiger partial charge on any atom is -0.387 e. The van der Waals surface area contributed by atoms with Crippen LogP contribution in [0.1, 0.15) is 19.1 Å². The zero-order chi connectivity index (χ0) is 19.1. The second kappa shape index (κ2) is 7.01. The van der Waals surface area contributed by atoms with Gasteiger partial charge in [0.05, 0.1) is 26.7 Å². The quantitative estimate of drug-likeness (QED) is 0.453. The molecule has 0 bridgehead atoms. The number of quaternary nitrogens is 1. The topological polar surface area (TPSA) is 157 Å². The first-order valence-electron chi connectivity index (χ1n) is 8.33. The maximum Gasteiger partial charge on any atom is 0.528 e. The third-order valence-corrected chi connectivity index (χ3v) is 7.12. The number of nitrogen functional groups attached to an aromatic ring is 1. The summed E-state index contributed by atoms with van der Waals surface area (Å²) >= 11 is 0. The highest BCUT2D eigenvalue weighted by atomic mass is 31.2. The lowest BCUT2D eigenvalue weighted by molar-refractivity contribution is -0.789. The van der Waals surface area contributed by atoms with Gasteiger partial charge in [0, 0.05) is 19.0 Å². The third kappa shape index (κ3) is 3.44. The fraction of sp³-hybridized carbons (Fsp3) is 0.714. The molecule has 0 radical (unpaired) electrons. The molecule has 0 aliphatic carbocycles. The predicted molar refractivity (Wildman–Crippen MR) is 89.8 cm³/mol. The van der Waals surface area contributed by atoms with E-state index in [1.54, 1.807) is 7.05 Å². The standard InChI is InChI=1S/C14H23N4O7P/c1-18(6-2-3-7-18)26(22,23)24-8-9-11(19)12(20)13(25-9)17-5-4-10(15)16-14(17)21/h4-5,9,11-13,19-20H,2-3,6-8H2,1H3,(H2-,15,16,21,22,23)/p+1/t9-,11-,12+,13-/m1/s1. The molecule has 3 rings (SSSR count). The molecule has 2 saturated heterocycles. The lowest BCUT2D eigenvalue weighted by atomic mass is 10.1. The molecule has 3 heterocycles. The Balaban J connectivity index is 1.70. The summed E-state index contributed by atoms with van der Waals surface area (Å²) in [5.74, 6) is 0.0166. The largest absolute Gasteiger partial charge is 0.528 e. The summed E-state index contributed by atoms with van der Waals surface area (Å²) in [6, 6.07) is 1.36. The van der Waals surface area contributed by atoms with E-state index in [9.17, 15) is 24.5 Å². The molecule has 5 atom stereocenters. The van der Waals surface area contributed by atoms with E-state index in [2.05, 4.69) is 4.98 Å². The van der Waals surface area contributed by atoms with Crippen molar-refractivity contribution in [2.24, 2.45) is 0 Å². The Bertz CT molecular complexity index is 766. The first kappa shape index (κ1) is 19.4. The molecule has 2 aliphatic rings. The highest BCUT2D eigenvalue weighted by Gasteiger charge is 2.50. The van der Waals surface area contributed by atoms with Gasteiger partial charge in [-0.25, -0.2) is 13.6 Å². The van der Waals surface area contributed by atoms with Crippen LogP contribution >= 0.6 is 7.75 Å². The molecule has 2 fully saturated rings. The Labute approximate surface area is 149 Å². The van der Waals surface area contributed by atoms with E-state index in [0.717, 1.165) is 17.4 Å². The smallest absolute Gasteiger partial charge is 0.387 e. The molecule has 0 amide bonds. The van der Waals surface area contributed by atoms with Gasteiger partial charge >= 0.3 is 13.4 Å². The number of nitrogens with two attached hydrogens (primary N) is 1. The minimum atomic E-state index is -3.99. The number of rotatable bonds is 5. The van der Waals surface area contributed by atoms with Gasteiger partial charge < -0.3 is 20.7 Å². The Morgan fingerprint density at radius 3 is 2.69 bits per heavy atom. The van der Waals surface area contributed by atoms with Gasteiger partial charge in [0.2, 0.25) is 0 Å². The number of ether oxygens (including phenoxy) is 1. The van der Waals surface area contributed by atoms with E-state index in [-0.39, 0.29) is 10.1 Å². The summed E-state index contributed by atoms with van der Waals surface area (Å²) in [6.45, 7) is 0.659. The van der Waals surface area contributed by atoms with Gasteiger partial charge in [-0.15, -0.1) is 0 Å². The van der Waals surface area contributed by atoms with Crippen LogP contribution in [0.3, 0.4) is 0 Å². The molecule has 146 valence electrons. The van der Waals surface area contributed by atoms with Crippen molar-refractivity contribution in [2.45, 2.75) is 37.4 Å². The average molecular weight is 391 g/mol. The van der Waals surface area contributed by atoms with E-state index in [1.807, 2.05) is 0 Å². The summed E-state index contributed by atoms with van der Waals surface area (Å²) in [4.78, 5) is 25.7. The van der Waals surface area contributed by atoms with Crippen LogP contribution in [-0.4, -0.2) is 74.0 Å². The summed E-state index contributed by atoms with van der Waals surface area (Å²) < 4.78 is 24.2. The molecule has 0 saturated carbocycles. The van der Waals surface area contributed by atoms with Gasteiger partial charge in [0.25, 0.3) is 0 Å². The van der Waals surface area contributed by atoms with Crippen LogP contribution in [0.25, 0.3) is 0 Å². The van der Waals surface area contributed by atoms with Crippen LogP contribution in [0.2, 0.25) is 0 Å². The molecule has 11 nitrogen and oxygen atoms in total. The van der Waals surface area contributed by atoms with Crippen LogP contribution in [0.5, 0.6) is 0 Å². The first-order valence-corrected chi connectivity index (χ1v) is 9.86. The van der Waals surface area contributed by atoms with Crippen LogP contribution < -0.4 is 11.4 Å². The molecule has 1 aromatic heterocycles. The van der Waals surface area contributed by atoms with Crippen molar-refractivity contribution in [2.75, 3.05) is 32.5 Å². The second-order valence-corrected chi connectivity index (χ2v) is 9.07. The molecule has 0 spiro atoms. The van der Waals surface area contributed by atoms with Crippen molar-refractivity contribution in [3.8, 4) is 0 Å². The van der Waals surface area contributed by atoms with Crippen LogP contribution in [-0.2, 0) is 13.8 Å². The van der Waals surface area contributed by atoms with Crippen molar-refractivity contribution >= 4 is 13.6 Å². The summed E-state index contributed by atoms with van der Waals surface area (Å²) in [6.07, 6.45) is -2.14. The van der Waals surface area contributed by atoms with Gasteiger partial charge in [0.15, 0.2) is 6.23 Å². The number of aliphatic hydroxyl groups is 2. The summed E-state index contributed by atoms with van der Waals surface area (Å²) in [7, 11) is -2.34. The Kier molecular flexibility index (Phi) is 5.24. The highest BCUT2D eigenvalue weighted by Crippen LogP contribution is 2.54. The van der Waals surface area contributed by atoms with Crippen molar-refractivity contribution in [3.63, 3.8) is 0 Å². The van der Waals surface area contributed by atoms with Crippen LogP contribution in [0.4, 0.5) is 5.82 Å². The maximum atomic E-state index is 12.6. The molecule has 26 heavy (non-hydrogen) atoms. The molecule has 1 aromatic rings. The predicted octanol–water partition coefficient (Wildman–Crippen LogP) is -1.20. The van der Waals surface area contributed by atoms with Gasteiger partial charge in [-0.05, 0) is 6.07 Å². The van der Waals surface area contributed by atoms with Gasteiger partial charge in [-0.2, -0.15) is 4.98 Å². The number of hydrogen-bond acceptors (Lipinski definition) is 8. The normalized spacial score (nSPS) is 33.2. The SMILES string of the molecule is C[N+]1(P(=O)(O)OC[C@H]2O[C@@H](n3ccc(N)nc3=O)[C@@H](O)[C@@H]2O)CCCC1. The highest BCUT2D eigenvalue weighted by molar-refractivity contribution is 7.46. The molecule has 5 N–H and O–H groups in total. The zero-order valence-corrected chi connectivity index (χ0v) is 15.2. The van der Waals surface area contributed by atoms with Crippen molar-refractivity contribution in [1.82, 2.24) is 9.55 Å². The molecule has 2 aliphatic heterocycles. The monoisotopic (exact) mass is 391 g/mol. The minimum absolute atomic E-state index is 0.0166. The van der Waals surface area contributed by atoms with Crippen molar-refractivity contribution in [3.05, 3.63) is 22.7 Å². The van der Waals surface area contributed by atoms with Crippen LogP contribution in [0.15, 0.2) is 17.1 Å². The van der Waals surface area contributed by atoms with Crippen molar-refractivity contribution in [1.29, 1.82) is 0 Å². The van der Waals surface area contributed by atoms with Gasteiger partial charge in [-0.3, -0.25) is 14.0 Å². The van der Waals surface area contributed by atoms with E-state index < -0.39 is 44.6 Å². The van der Waals surface area contributed by atoms with Crippen LogP contribution in [0, 0.1) is 0 Å². The van der Waals surface area contributed by atoms with E-state index in [4.69, 9.17) is 15.0 Å². The van der Waals surface area contributed by atoms with E-state index in [1.165, 1.54) is 12.3 Å². The molecular formula is C14H24N4O7P+. The Morgan fingerprint density at radius 2 is 2.08 bits per heavy atom. The molecule has 1 unspecified atom stereocenters. The fourth-order valence-corrected chi connectivity index (χ4v) is 4.70. The summed E-state index contributed by atoms with van der Waals surface area (Å²) in [5, 5.41) is 20.4. The maximum absolute atomic E-state index is 12.6. The first-order chi connectivity index (χ1) is 12.1. The molecular weight excluding hydrogens is 367 g/mol. The van der Waals surface area contributed by atoms with E-state index in [0.29, 0.717) is 13.1 Å². The Hall–Kier alpha value is -1.33. The second-order valence-electron chi connectivity index (χ2n) is 6.87. The summed E-state index contributed by atoms with van der Waals surface area (Å²) in [5.41, 5.74) is 4.68. The van der Waals surface area contributed by atoms with Gasteiger partial charge in [0.1, 0.15) is 24.1 Å². The van der Waals surface area contributed by atoms with Crippen molar-refractivity contribution < 1.29 is 33.2 Å². The number of nitrogens with zero attached hydrogens (tertiary/aromatic N) is 3. The Morgan fingerprint density at radius 1 is 1.42 bits per heavy atom.